The van der Waals surface area contributed by atoms with Gasteiger partial charge in [0, 0.05) is 49.4 Å². The molecule has 0 saturated carbocycles. The quantitative estimate of drug-likeness (QED) is 0.156. The van der Waals surface area contributed by atoms with E-state index >= 15 is 0 Å². The lowest BCUT2D eigenvalue weighted by atomic mass is 10.0. The van der Waals surface area contributed by atoms with Crippen molar-refractivity contribution in [2.45, 2.75) is 6.54 Å². The summed E-state index contributed by atoms with van der Waals surface area (Å²) < 4.78 is 11.9. The zero-order valence-corrected chi connectivity index (χ0v) is 29.9. The number of ether oxygens (including phenoxy) is 2. The third-order valence-electron chi connectivity index (χ3n) is 8.41. The molecule has 1 saturated heterocycles. The normalized spacial score (nSPS) is 12.3. The maximum Gasteiger partial charge on any atom is 0.258 e. The lowest BCUT2D eigenvalue weighted by Crippen LogP contribution is -2.52. The summed E-state index contributed by atoms with van der Waals surface area (Å²) >= 11 is 6.44. The van der Waals surface area contributed by atoms with Crippen molar-refractivity contribution in [3.05, 3.63) is 137 Å². The summed E-state index contributed by atoms with van der Waals surface area (Å²) in [6.07, 6.45) is 0. The number of methoxy groups -OCH3 is 1. The van der Waals surface area contributed by atoms with Crippen molar-refractivity contribution in [3.8, 4) is 28.4 Å². The maximum atomic E-state index is 14.3. The summed E-state index contributed by atoms with van der Waals surface area (Å²) in [4.78, 5) is 33.8. The Morgan fingerprint density at radius 2 is 1.44 bits per heavy atom. The Balaban J connectivity index is 0.00000281. The summed E-state index contributed by atoms with van der Waals surface area (Å²) in [6.45, 7) is 2.43. The van der Waals surface area contributed by atoms with E-state index in [1.165, 1.54) is 4.90 Å². The average molecular weight is 734 g/mol. The number of nitrogens with zero attached hydrogens (tertiary/aromatic N) is 3. The molecule has 5 aromatic rings. The number of rotatable bonds is 10. The minimum Gasteiger partial charge on any atom is -0.495 e. The molecular formula is C39H39Cl3N4O4. The highest BCUT2D eigenvalue weighted by molar-refractivity contribution is 6.31. The van der Waals surface area contributed by atoms with Crippen LogP contribution >= 0.6 is 36.4 Å². The van der Waals surface area contributed by atoms with E-state index in [1.54, 1.807) is 42.3 Å². The van der Waals surface area contributed by atoms with Gasteiger partial charge in [-0.3, -0.25) is 14.5 Å². The Morgan fingerprint density at radius 1 is 0.760 bits per heavy atom. The van der Waals surface area contributed by atoms with Gasteiger partial charge in [0.05, 0.1) is 18.5 Å². The molecule has 1 fully saturated rings. The number of carbonyl (C=O) groups excluding carboxylic acids is 2. The van der Waals surface area contributed by atoms with E-state index in [0.29, 0.717) is 60.5 Å². The van der Waals surface area contributed by atoms with Gasteiger partial charge in [0.25, 0.3) is 5.91 Å². The second kappa shape index (κ2) is 17.8. The molecule has 0 aliphatic carbocycles. The Bertz CT molecular complexity index is 1880. The number of hydrogen-bond donors (Lipinski definition) is 1. The minimum atomic E-state index is -0.335. The number of hydrogen-bond acceptors (Lipinski definition) is 6. The molecular weight excluding hydrogens is 695 g/mol. The predicted octanol–water partition coefficient (Wildman–Crippen LogP) is 8.11. The maximum absolute atomic E-state index is 14.3. The Kier molecular flexibility index (Phi) is 13.5. The van der Waals surface area contributed by atoms with Gasteiger partial charge < -0.3 is 25.0 Å². The largest absolute Gasteiger partial charge is 0.495 e. The molecule has 0 radical (unpaired) electrons. The molecule has 5 aromatic carbocycles. The number of carbonyl (C=O) groups is 2. The van der Waals surface area contributed by atoms with Crippen LogP contribution in [0, 0.1) is 0 Å². The molecule has 0 unspecified atom stereocenters. The van der Waals surface area contributed by atoms with E-state index in [-0.39, 0.29) is 43.2 Å². The molecule has 50 heavy (non-hydrogen) atoms. The summed E-state index contributed by atoms with van der Waals surface area (Å²) in [5.41, 5.74) is 10.6. The SMILES string of the molecule is COc1ccccc1N1CCN(C(=O)CN(C(=O)c2ccc(-c3ccccc3)cc2)c2ccc(Cl)cc2Oc2cccc(CN)c2)CC1.Cl.Cl. The third kappa shape index (κ3) is 8.89. The number of nitrogens with two attached hydrogens (primary N) is 1. The van der Waals surface area contributed by atoms with E-state index in [0.717, 1.165) is 28.1 Å². The van der Waals surface area contributed by atoms with Crippen LogP contribution in [0.2, 0.25) is 5.02 Å². The monoisotopic (exact) mass is 732 g/mol. The van der Waals surface area contributed by atoms with E-state index in [2.05, 4.69) is 4.90 Å². The summed E-state index contributed by atoms with van der Waals surface area (Å²) in [6, 6.07) is 37.7. The van der Waals surface area contributed by atoms with Gasteiger partial charge in [-0.15, -0.1) is 24.8 Å². The van der Waals surface area contributed by atoms with Crippen LogP contribution in [0.15, 0.2) is 121 Å². The highest BCUT2D eigenvalue weighted by atomic mass is 35.5. The first-order valence-electron chi connectivity index (χ1n) is 15.8. The topological polar surface area (TPSA) is 88.3 Å². The van der Waals surface area contributed by atoms with Gasteiger partial charge in [-0.2, -0.15) is 0 Å². The van der Waals surface area contributed by atoms with Crippen LogP contribution < -0.4 is 25.0 Å². The minimum absolute atomic E-state index is 0. The third-order valence-corrected chi connectivity index (χ3v) is 8.65. The smallest absolute Gasteiger partial charge is 0.258 e. The molecule has 1 aliphatic rings. The highest BCUT2D eigenvalue weighted by Gasteiger charge is 2.29. The van der Waals surface area contributed by atoms with E-state index in [4.69, 9.17) is 26.8 Å². The Labute approximate surface area is 310 Å². The lowest BCUT2D eigenvalue weighted by Gasteiger charge is -2.37. The van der Waals surface area contributed by atoms with Crippen LogP contribution in [0.1, 0.15) is 15.9 Å². The fourth-order valence-corrected chi connectivity index (χ4v) is 6.00. The number of piperazine rings is 1. The predicted molar refractivity (Wildman–Crippen MR) is 206 cm³/mol. The Morgan fingerprint density at radius 3 is 2.14 bits per heavy atom. The molecule has 6 rings (SSSR count). The number of anilines is 2. The van der Waals surface area contributed by atoms with Crippen molar-refractivity contribution < 1.29 is 19.1 Å². The van der Waals surface area contributed by atoms with E-state index < -0.39 is 0 Å². The summed E-state index contributed by atoms with van der Waals surface area (Å²) in [5, 5.41) is 0.433. The fraction of sp³-hybridized carbons (Fsp3) is 0.179. The van der Waals surface area contributed by atoms with Crippen molar-refractivity contribution in [2.24, 2.45) is 5.73 Å². The van der Waals surface area contributed by atoms with Gasteiger partial charge in [-0.25, -0.2) is 0 Å². The van der Waals surface area contributed by atoms with Crippen LogP contribution in [0.4, 0.5) is 11.4 Å². The van der Waals surface area contributed by atoms with E-state index in [9.17, 15) is 9.59 Å². The van der Waals surface area contributed by atoms with Gasteiger partial charge in [0.2, 0.25) is 5.91 Å². The van der Waals surface area contributed by atoms with Gasteiger partial charge >= 0.3 is 0 Å². The average Bonchev–Trinajstić information content (AvgIpc) is 3.14. The number of amides is 2. The van der Waals surface area contributed by atoms with Gasteiger partial charge in [-0.1, -0.05) is 78.3 Å². The van der Waals surface area contributed by atoms with E-state index in [1.807, 2.05) is 91.0 Å². The molecule has 0 spiro atoms. The van der Waals surface area contributed by atoms with Gasteiger partial charge in [0.15, 0.2) is 5.75 Å². The van der Waals surface area contributed by atoms with Crippen LogP contribution in [0.5, 0.6) is 17.2 Å². The molecule has 1 heterocycles. The summed E-state index contributed by atoms with van der Waals surface area (Å²) in [5.74, 6) is 1.17. The van der Waals surface area contributed by atoms with Crippen LogP contribution in [0.25, 0.3) is 11.1 Å². The van der Waals surface area contributed by atoms with Crippen molar-refractivity contribution in [1.29, 1.82) is 0 Å². The zero-order chi connectivity index (χ0) is 33.5. The van der Waals surface area contributed by atoms with Crippen molar-refractivity contribution in [1.82, 2.24) is 4.90 Å². The first-order valence-corrected chi connectivity index (χ1v) is 16.2. The standard InChI is InChI=1S/C39H37ClN4O4.2ClH/c1-47-36-13-6-5-12-34(36)42-20-22-43(23-21-42)38(45)27-44(39(46)31-16-14-30(15-17-31)29-9-3-2-4-10-29)35-19-18-32(40)25-37(35)48-33-11-7-8-28(24-33)26-41;;/h2-19,24-25H,20-23,26-27,41H2,1H3;2*1H. The van der Waals surface area contributed by atoms with Gasteiger partial charge in [0.1, 0.15) is 18.0 Å². The lowest BCUT2D eigenvalue weighted by molar-refractivity contribution is -0.129. The molecule has 8 nitrogen and oxygen atoms in total. The fourth-order valence-electron chi connectivity index (χ4n) is 5.84. The van der Waals surface area contributed by atoms with Gasteiger partial charge in [-0.05, 0) is 65.2 Å². The van der Waals surface area contributed by atoms with Crippen molar-refractivity contribution in [3.63, 3.8) is 0 Å². The first kappa shape index (κ1) is 38.1. The highest BCUT2D eigenvalue weighted by Crippen LogP contribution is 2.36. The molecule has 0 aromatic heterocycles. The van der Waals surface area contributed by atoms with Crippen LogP contribution in [0.3, 0.4) is 0 Å². The molecule has 0 bridgehead atoms. The van der Waals surface area contributed by atoms with Crippen LogP contribution in [-0.4, -0.2) is 56.5 Å². The molecule has 0 atom stereocenters. The van der Waals surface area contributed by atoms with Crippen LogP contribution in [-0.2, 0) is 11.3 Å². The number of halogens is 3. The molecule has 11 heteroatoms. The molecule has 260 valence electrons. The van der Waals surface area contributed by atoms with Crippen molar-refractivity contribution >= 4 is 59.6 Å². The Hall–Kier alpha value is -4.73. The number of benzene rings is 5. The summed E-state index contributed by atoms with van der Waals surface area (Å²) in [7, 11) is 1.66. The second-order valence-electron chi connectivity index (χ2n) is 11.4. The molecule has 2 N–H and O–H groups in total. The number of para-hydroxylation sites is 2. The zero-order valence-electron chi connectivity index (χ0n) is 27.5. The molecule has 1 aliphatic heterocycles. The first-order chi connectivity index (χ1) is 23.4. The second-order valence-corrected chi connectivity index (χ2v) is 11.9. The molecule has 2 amide bonds. The van der Waals surface area contributed by atoms with Crippen molar-refractivity contribution in [2.75, 3.05) is 49.6 Å².